The van der Waals surface area contributed by atoms with Gasteiger partial charge in [-0.3, -0.25) is 0 Å². The van der Waals surface area contributed by atoms with Crippen LogP contribution >= 0.6 is 24.4 Å². The predicted molar refractivity (Wildman–Crippen MR) is 57.9 cm³/mol. The normalized spacial score (nSPS) is 10.1. The average Bonchev–Trinajstić information content (AvgIpc) is 2.57. The maximum atomic E-state index is 5.18. The fraction of sp³-hybridized carbons (Fsp3) is 0.333. The molecular formula is C9H12OS2. The summed E-state index contributed by atoms with van der Waals surface area (Å²) in [5.74, 6) is 3.67. The first-order valence-corrected chi connectivity index (χ1v) is 5.49. The molecule has 66 valence electrons. The van der Waals surface area contributed by atoms with E-state index in [2.05, 4.69) is 19.2 Å². The van der Waals surface area contributed by atoms with Crippen LogP contribution < -0.4 is 0 Å². The number of rotatable bonds is 5. The molecule has 0 amide bonds. The maximum absolute atomic E-state index is 5.18. The van der Waals surface area contributed by atoms with Crippen LogP contribution in [0, 0.1) is 0 Å². The summed E-state index contributed by atoms with van der Waals surface area (Å²) in [6.07, 6.45) is 1.70. The van der Waals surface area contributed by atoms with Crippen LogP contribution in [0.25, 0.3) is 0 Å². The molecule has 1 aromatic rings. The van der Waals surface area contributed by atoms with Gasteiger partial charge >= 0.3 is 0 Å². The number of thiol groups is 1. The number of thioether (sulfide) groups is 1. The summed E-state index contributed by atoms with van der Waals surface area (Å²) in [6.45, 7) is 3.86. The second-order valence-corrected chi connectivity index (χ2v) is 3.78. The molecule has 0 saturated heterocycles. The SMILES string of the molecule is C=C(CS)CSCc1ccco1. The molecule has 0 aromatic carbocycles. The van der Waals surface area contributed by atoms with Crippen LogP contribution in [0.15, 0.2) is 35.0 Å². The van der Waals surface area contributed by atoms with Crippen molar-refractivity contribution in [2.24, 2.45) is 0 Å². The Balaban J connectivity index is 2.15. The number of hydrogen-bond acceptors (Lipinski definition) is 3. The van der Waals surface area contributed by atoms with Crippen molar-refractivity contribution < 1.29 is 4.42 Å². The van der Waals surface area contributed by atoms with Crippen molar-refractivity contribution in [3.63, 3.8) is 0 Å². The minimum absolute atomic E-state index is 0.769. The zero-order chi connectivity index (χ0) is 8.81. The molecule has 0 aliphatic carbocycles. The lowest BCUT2D eigenvalue weighted by Gasteiger charge is -1.99. The summed E-state index contributed by atoms with van der Waals surface area (Å²) in [5, 5.41) is 0. The molecule has 1 nitrogen and oxygen atoms in total. The van der Waals surface area contributed by atoms with Gasteiger partial charge in [-0.15, -0.1) is 11.8 Å². The smallest absolute Gasteiger partial charge is 0.113 e. The predicted octanol–water partition coefficient (Wildman–Crippen LogP) is 3.00. The van der Waals surface area contributed by atoms with Gasteiger partial charge in [0.05, 0.1) is 12.0 Å². The van der Waals surface area contributed by atoms with E-state index in [1.165, 1.54) is 0 Å². The molecule has 0 radical (unpaired) electrons. The monoisotopic (exact) mass is 200 g/mol. The van der Waals surface area contributed by atoms with E-state index in [1.54, 1.807) is 18.0 Å². The van der Waals surface area contributed by atoms with E-state index in [0.717, 1.165) is 28.6 Å². The Hall–Kier alpha value is -0.280. The van der Waals surface area contributed by atoms with Crippen LogP contribution in [0.5, 0.6) is 0 Å². The van der Waals surface area contributed by atoms with Gasteiger partial charge in [-0.1, -0.05) is 12.2 Å². The molecule has 12 heavy (non-hydrogen) atoms. The van der Waals surface area contributed by atoms with E-state index in [9.17, 15) is 0 Å². The van der Waals surface area contributed by atoms with Gasteiger partial charge in [0.15, 0.2) is 0 Å². The summed E-state index contributed by atoms with van der Waals surface area (Å²) >= 11 is 5.93. The standard InChI is InChI=1S/C9H12OS2/c1-8(5-11)6-12-7-9-3-2-4-10-9/h2-4,11H,1,5-7H2. The van der Waals surface area contributed by atoms with Crippen LogP contribution in [-0.2, 0) is 5.75 Å². The average molecular weight is 200 g/mol. The highest BCUT2D eigenvalue weighted by atomic mass is 32.2. The molecule has 0 spiro atoms. The third kappa shape index (κ3) is 3.41. The molecule has 0 aliphatic heterocycles. The summed E-state index contributed by atoms with van der Waals surface area (Å²) in [4.78, 5) is 0. The lowest BCUT2D eigenvalue weighted by atomic mass is 10.4. The van der Waals surface area contributed by atoms with Crippen molar-refractivity contribution in [1.82, 2.24) is 0 Å². The minimum Gasteiger partial charge on any atom is -0.468 e. The molecule has 0 aliphatic rings. The highest BCUT2D eigenvalue weighted by molar-refractivity contribution is 7.98. The van der Waals surface area contributed by atoms with Gasteiger partial charge in [0.1, 0.15) is 5.76 Å². The van der Waals surface area contributed by atoms with Gasteiger partial charge in [0.25, 0.3) is 0 Å². The van der Waals surface area contributed by atoms with E-state index >= 15 is 0 Å². The zero-order valence-corrected chi connectivity index (χ0v) is 8.54. The fourth-order valence-corrected chi connectivity index (χ4v) is 1.86. The summed E-state index contributed by atoms with van der Waals surface area (Å²) in [6, 6.07) is 3.89. The first-order chi connectivity index (χ1) is 5.83. The van der Waals surface area contributed by atoms with Gasteiger partial charge in [-0.05, 0) is 12.1 Å². The Morgan fingerprint density at radius 1 is 1.67 bits per heavy atom. The van der Waals surface area contributed by atoms with Gasteiger partial charge in [0, 0.05) is 11.5 Å². The highest BCUT2D eigenvalue weighted by Crippen LogP contribution is 2.15. The Morgan fingerprint density at radius 2 is 2.50 bits per heavy atom. The van der Waals surface area contributed by atoms with E-state index in [-0.39, 0.29) is 0 Å². The molecule has 3 heteroatoms. The maximum Gasteiger partial charge on any atom is 0.113 e. The van der Waals surface area contributed by atoms with E-state index < -0.39 is 0 Å². The fourth-order valence-electron chi connectivity index (χ4n) is 0.736. The molecule has 1 aromatic heterocycles. The Kier molecular flexibility index (Phi) is 4.40. The Morgan fingerprint density at radius 3 is 3.08 bits per heavy atom. The number of hydrogen-bond donors (Lipinski definition) is 1. The Bertz CT molecular complexity index is 229. The molecule has 0 atom stereocenters. The second kappa shape index (κ2) is 5.38. The van der Waals surface area contributed by atoms with Crippen molar-refractivity contribution in [2.45, 2.75) is 5.75 Å². The van der Waals surface area contributed by atoms with Crippen molar-refractivity contribution in [3.05, 3.63) is 36.3 Å². The van der Waals surface area contributed by atoms with Crippen molar-refractivity contribution in [1.29, 1.82) is 0 Å². The summed E-state index contributed by atoms with van der Waals surface area (Å²) in [7, 11) is 0. The van der Waals surface area contributed by atoms with Crippen LogP contribution in [-0.4, -0.2) is 11.5 Å². The van der Waals surface area contributed by atoms with Gasteiger partial charge in [-0.2, -0.15) is 12.6 Å². The topological polar surface area (TPSA) is 13.1 Å². The van der Waals surface area contributed by atoms with Crippen LogP contribution in [0.3, 0.4) is 0 Å². The van der Waals surface area contributed by atoms with Crippen LogP contribution in [0.4, 0.5) is 0 Å². The van der Waals surface area contributed by atoms with Crippen molar-refractivity contribution in [2.75, 3.05) is 11.5 Å². The van der Waals surface area contributed by atoms with Crippen LogP contribution in [0.2, 0.25) is 0 Å². The first-order valence-electron chi connectivity index (χ1n) is 3.70. The molecule has 0 bridgehead atoms. The second-order valence-electron chi connectivity index (χ2n) is 2.48. The summed E-state index contributed by atoms with van der Waals surface area (Å²) in [5.41, 5.74) is 1.16. The van der Waals surface area contributed by atoms with E-state index in [1.807, 2.05) is 12.1 Å². The largest absolute Gasteiger partial charge is 0.468 e. The molecule has 1 rings (SSSR count). The molecule has 0 unspecified atom stereocenters. The lowest BCUT2D eigenvalue weighted by Crippen LogP contribution is -1.87. The molecule has 1 heterocycles. The molecule has 0 N–H and O–H groups in total. The molecular weight excluding hydrogens is 188 g/mol. The highest BCUT2D eigenvalue weighted by Gasteiger charge is 1.96. The Labute approximate surface area is 82.6 Å². The van der Waals surface area contributed by atoms with Crippen molar-refractivity contribution in [3.8, 4) is 0 Å². The molecule has 0 saturated carbocycles. The van der Waals surface area contributed by atoms with Crippen LogP contribution in [0.1, 0.15) is 5.76 Å². The number of furan rings is 1. The zero-order valence-electron chi connectivity index (χ0n) is 6.82. The lowest BCUT2D eigenvalue weighted by molar-refractivity contribution is 0.530. The first kappa shape index (κ1) is 9.81. The quantitative estimate of drug-likeness (QED) is 0.580. The van der Waals surface area contributed by atoms with E-state index in [0.29, 0.717) is 0 Å². The van der Waals surface area contributed by atoms with Gasteiger partial charge < -0.3 is 4.42 Å². The van der Waals surface area contributed by atoms with E-state index in [4.69, 9.17) is 4.42 Å². The van der Waals surface area contributed by atoms with Gasteiger partial charge in [0.2, 0.25) is 0 Å². The third-order valence-corrected chi connectivity index (χ3v) is 2.90. The molecule has 0 fully saturated rings. The third-order valence-electron chi connectivity index (χ3n) is 1.35. The summed E-state index contributed by atoms with van der Waals surface area (Å²) < 4.78 is 5.18. The van der Waals surface area contributed by atoms with Gasteiger partial charge in [-0.25, -0.2) is 0 Å². The minimum atomic E-state index is 0.769. The van der Waals surface area contributed by atoms with Crippen molar-refractivity contribution >= 4 is 24.4 Å².